The topological polar surface area (TPSA) is 97.8 Å². The van der Waals surface area contributed by atoms with E-state index < -0.39 is 47.2 Å². The van der Waals surface area contributed by atoms with E-state index in [-0.39, 0.29) is 47.8 Å². The van der Waals surface area contributed by atoms with Gasteiger partial charge in [0.2, 0.25) is 5.43 Å². The summed E-state index contributed by atoms with van der Waals surface area (Å²) in [4.78, 5) is 25.8. The molecule has 1 aliphatic heterocycles. The summed E-state index contributed by atoms with van der Waals surface area (Å²) in [6.07, 6.45) is -0.00449. The first-order chi connectivity index (χ1) is 14.1. The summed E-state index contributed by atoms with van der Waals surface area (Å²) in [6.45, 7) is 1.25. The van der Waals surface area contributed by atoms with Gasteiger partial charge in [-0.2, -0.15) is 0 Å². The standard InChI is InChI=1S/C20H22F3N3O4/c1-9-5-25(8-20(9,24)7-21)16-13(23)3-10-15(18(16)30-2)26(14-4-12(14)22)6-11(17(10)27)19(28)29/h3,6,9,12,14H,4-5,7-8,24H2,1-2H3,(H,28,29). The molecule has 0 radical (unpaired) electrons. The first-order valence-electron chi connectivity index (χ1n) is 9.55. The van der Waals surface area contributed by atoms with Gasteiger partial charge < -0.3 is 25.0 Å². The van der Waals surface area contributed by atoms with Gasteiger partial charge in [0.05, 0.1) is 29.6 Å². The highest BCUT2D eigenvalue weighted by molar-refractivity contribution is 5.97. The molecule has 2 fully saturated rings. The van der Waals surface area contributed by atoms with Crippen molar-refractivity contribution in [3.8, 4) is 5.75 Å². The molecule has 2 heterocycles. The fourth-order valence-electron chi connectivity index (χ4n) is 4.22. The van der Waals surface area contributed by atoms with Crippen molar-refractivity contribution < 1.29 is 27.8 Å². The molecule has 2 aromatic rings. The molecule has 4 atom stereocenters. The van der Waals surface area contributed by atoms with Crippen molar-refractivity contribution >= 4 is 22.6 Å². The molecule has 1 aromatic heterocycles. The van der Waals surface area contributed by atoms with Crippen molar-refractivity contribution in [2.24, 2.45) is 11.7 Å². The number of rotatable bonds is 5. The number of aromatic nitrogens is 1. The Balaban J connectivity index is 2.01. The molecule has 0 bridgehead atoms. The van der Waals surface area contributed by atoms with E-state index in [1.165, 1.54) is 11.7 Å². The number of benzene rings is 1. The summed E-state index contributed by atoms with van der Waals surface area (Å²) in [6, 6.07) is 0.250. The molecule has 0 amide bonds. The normalized spacial score (nSPS) is 28.2. The lowest BCUT2D eigenvalue weighted by molar-refractivity contribution is 0.0694. The Bertz CT molecular complexity index is 1110. The first kappa shape index (κ1) is 20.5. The number of carbonyl (C=O) groups is 1. The number of anilines is 1. The number of nitrogens with two attached hydrogens (primary N) is 1. The molecule has 4 rings (SSSR count). The number of methoxy groups -OCH3 is 1. The number of alkyl halides is 2. The predicted molar refractivity (Wildman–Crippen MR) is 104 cm³/mol. The van der Waals surface area contributed by atoms with Crippen LogP contribution in [0.15, 0.2) is 17.1 Å². The Morgan fingerprint density at radius 2 is 2.13 bits per heavy atom. The van der Waals surface area contributed by atoms with Crippen molar-refractivity contribution in [3.63, 3.8) is 0 Å². The van der Waals surface area contributed by atoms with Crippen molar-refractivity contribution in [2.75, 3.05) is 31.8 Å². The number of hydrogen-bond acceptors (Lipinski definition) is 5. The monoisotopic (exact) mass is 425 g/mol. The average Bonchev–Trinajstić information content (AvgIpc) is 3.34. The Morgan fingerprint density at radius 3 is 2.63 bits per heavy atom. The predicted octanol–water partition coefficient (Wildman–Crippen LogP) is 2.25. The number of fused-ring (bicyclic) bond motifs is 1. The quantitative estimate of drug-likeness (QED) is 0.763. The van der Waals surface area contributed by atoms with Gasteiger partial charge in [0.1, 0.15) is 24.1 Å². The van der Waals surface area contributed by atoms with Crippen LogP contribution in [0.25, 0.3) is 10.9 Å². The summed E-state index contributed by atoms with van der Waals surface area (Å²) in [5.74, 6) is -2.63. The number of carboxylic acids is 1. The summed E-state index contributed by atoms with van der Waals surface area (Å²) in [5.41, 5.74) is 3.58. The number of carboxylic acid groups (broad SMARTS) is 1. The van der Waals surface area contributed by atoms with Crippen molar-refractivity contribution in [1.29, 1.82) is 0 Å². The molecule has 3 N–H and O–H groups in total. The molecule has 2 aliphatic rings. The lowest BCUT2D eigenvalue weighted by Crippen LogP contribution is -2.49. The fraction of sp³-hybridized carbons (Fsp3) is 0.500. The van der Waals surface area contributed by atoms with E-state index in [1.54, 1.807) is 11.8 Å². The fourth-order valence-corrected chi connectivity index (χ4v) is 4.22. The maximum Gasteiger partial charge on any atom is 0.341 e. The van der Waals surface area contributed by atoms with Gasteiger partial charge in [-0.3, -0.25) is 4.79 Å². The molecule has 4 unspecified atom stereocenters. The molecular weight excluding hydrogens is 403 g/mol. The number of ether oxygens (including phenoxy) is 1. The summed E-state index contributed by atoms with van der Waals surface area (Å²) >= 11 is 0. The van der Waals surface area contributed by atoms with Gasteiger partial charge in [-0.05, 0) is 12.0 Å². The number of hydrogen-bond donors (Lipinski definition) is 2. The van der Waals surface area contributed by atoms with Crippen molar-refractivity contribution in [2.45, 2.75) is 31.1 Å². The second-order valence-corrected chi connectivity index (χ2v) is 8.19. The Kier molecular flexibility index (Phi) is 4.72. The minimum atomic E-state index is -1.49. The Labute approximate surface area is 169 Å². The van der Waals surface area contributed by atoms with Gasteiger partial charge in [0, 0.05) is 25.7 Å². The van der Waals surface area contributed by atoms with Crippen LogP contribution in [0.3, 0.4) is 0 Å². The number of halogens is 3. The third-order valence-corrected chi connectivity index (χ3v) is 6.20. The van der Waals surface area contributed by atoms with Gasteiger partial charge >= 0.3 is 5.97 Å². The average molecular weight is 425 g/mol. The minimum absolute atomic E-state index is 0.00934. The maximum absolute atomic E-state index is 15.2. The van der Waals surface area contributed by atoms with Gasteiger partial charge in [-0.15, -0.1) is 0 Å². The largest absolute Gasteiger partial charge is 0.492 e. The van der Waals surface area contributed by atoms with Gasteiger partial charge in [-0.25, -0.2) is 18.0 Å². The number of aromatic carboxylic acids is 1. The summed E-state index contributed by atoms with van der Waals surface area (Å²) in [5, 5.41) is 9.15. The van der Waals surface area contributed by atoms with E-state index in [9.17, 15) is 23.5 Å². The van der Waals surface area contributed by atoms with Crippen LogP contribution in [0, 0.1) is 11.7 Å². The molecule has 162 valence electrons. The minimum Gasteiger partial charge on any atom is -0.492 e. The molecule has 0 spiro atoms. The van der Waals surface area contributed by atoms with Crippen LogP contribution in [0.5, 0.6) is 5.75 Å². The van der Waals surface area contributed by atoms with Crippen LogP contribution in [-0.2, 0) is 0 Å². The Morgan fingerprint density at radius 1 is 1.47 bits per heavy atom. The van der Waals surface area contributed by atoms with E-state index in [1.807, 2.05) is 0 Å². The van der Waals surface area contributed by atoms with Crippen molar-refractivity contribution in [3.05, 3.63) is 33.9 Å². The zero-order valence-electron chi connectivity index (χ0n) is 16.5. The van der Waals surface area contributed by atoms with Crippen LogP contribution in [-0.4, -0.2) is 54.2 Å². The third kappa shape index (κ3) is 2.92. The third-order valence-electron chi connectivity index (χ3n) is 6.20. The van der Waals surface area contributed by atoms with Crippen LogP contribution in [0.4, 0.5) is 18.9 Å². The molecule has 1 saturated carbocycles. The van der Waals surface area contributed by atoms with Crippen LogP contribution >= 0.6 is 0 Å². The second-order valence-electron chi connectivity index (χ2n) is 8.19. The number of nitrogens with zero attached hydrogens (tertiary/aromatic N) is 2. The molecule has 1 aromatic carbocycles. The van der Waals surface area contributed by atoms with E-state index in [2.05, 4.69) is 0 Å². The zero-order chi connectivity index (χ0) is 22.0. The summed E-state index contributed by atoms with van der Waals surface area (Å²) < 4.78 is 49.4. The molecule has 10 heteroatoms. The molecule has 1 saturated heterocycles. The van der Waals surface area contributed by atoms with E-state index >= 15 is 4.39 Å². The molecule has 30 heavy (non-hydrogen) atoms. The van der Waals surface area contributed by atoms with E-state index in [0.717, 1.165) is 12.3 Å². The highest BCUT2D eigenvalue weighted by atomic mass is 19.1. The highest BCUT2D eigenvalue weighted by Crippen LogP contribution is 2.46. The second kappa shape index (κ2) is 6.90. The first-order valence-corrected chi connectivity index (χ1v) is 9.55. The smallest absolute Gasteiger partial charge is 0.341 e. The lowest BCUT2D eigenvalue weighted by atomic mass is 9.91. The van der Waals surface area contributed by atoms with Crippen LogP contribution < -0.4 is 20.8 Å². The molecule has 7 nitrogen and oxygen atoms in total. The zero-order valence-corrected chi connectivity index (χ0v) is 16.5. The SMILES string of the molecule is COc1c(N2CC(C)C(N)(CF)C2)c(F)cc2c(=O)c(C(=O)O)cn(C3CC3F)c12. The van der Waals surface area contributed by atoms with E-state index in [0.29, 0.717) is 0 Å². The van der Waals surface area contributed by atoms with Crippen LogP contribution in [0.2, 0.25) is 0 Å². The lowest BCUT2D eigenvalue weighted by Gasteiger charge is -2.26. The van der Waals surface area contributed by atoms with Gasteiger partial charge in [0.15, 0.2) is 11.6 Å². The number of pyridine rings is 1. The maximum atomic E-state index is 15.2. The van der Waals surface area contributed by atoms with Crippen LogP contribution in [0.1, 0.15) is 29.7 Å². The molecule has 1 aliphatic carbocycles. The molecular formula is C20H22F3N3O4. The highest BCUT2D eigenvalue weighted by Gasteiger charge is 2.44. The van der Waals surface area contributed by atoms with Gasteiger partial charge in [-0.1, -0.05) is 6.92 Å². The van der Waals surface area contributed by atoms with E-state index in [4.69, 9.17) is 10.5 Å². The summed E-state index contributed by atoms with van der Waals surface area (Å²) in [7, 11) is 1.28. The van der Waals surface area contributed by atoms with Gasteiger partial charge in [0.25, 0.3) is 0 Å². The van der Waals surface area contributed by atoms with Crippen molar-refractivity contribution in [1.82, 2.24) is 4.57 Å². The Hall–Kier alpha value is -2.75.